The first-order valence-electron chi connectivity index (χ1n) is 12.9. The maximum Gasteiger partial charge on any atom is 0.215 e. The fourth-order valence-corrected chi connectivity index (χ4v) is 5.23. The summed E-state index contributed by atoms with van der Waals surface area (Å²) in [4.78, 5) is 2.53. The Morgan fingerprint density at radius 3 is 2.59 bits per heavy atom. The number of rotatable bonds is 10. The molecule has 2 fully saturated rings. The second-order valence-corrected chi connectivity index (χ2v) is 10.2. The maximum atomic E-state index is 8.70. The molecule has 2 aliphatic rings. The molecule has 34 heavy (non-hydrogen) atoms. The van der Waals surface area contributed by atoms with E-state index in [0.29, 0.717) is 25.2 Å². The number of anilines is 2. The van der Waals surface area contributed by atoms with Gasteiger partial charge in [-0.3, -0.25) is 5.41 Å². The lowest BCUT2D eigenvalue weighted by molar-refractivity contribution is 0.225. The lowest BCUT2D eigenvalue weighted by Crippen LogP contribution is -2.28. The van der Waals surface area contributed by atoms with E-state index >= 15 is 0 Å². The van der Waals surface area contributed by atoms with Crippen LogP contribution in [0.25, 0.3) is 0 Å². The minimum atomic E-state index is 0.236. The molecule has 0 bridgehead atoms. The molecule has 2 aromatic rings. The zero-order chi connectivity index (χ0) is 23.8. The molecule has 2 aromatic carbocycles. The molecule has 0 spiro atoms. The second kappa shape index (κ2) is 12.5. The fraction of sp³-hybridized carbons (Fsp3) is 0.536. The van der Waals surface area contributed by atoms with Crippen LogP contribution in [0, 0.1) is 5.41 Å². The van der Waals surface area contributed by atoms with Crippen molar-refractivity contribution in [1.82, 2.24) is 4.90 Å². The third-order valence-corrected chi connectivity index (χ3v) is 7.41. The molecular weight excluding hydrogens is 444 g/mol. The summed E-state index contributed by atoms with van der Waals surface area (Å²) in [5, 5.41) is 16.6. The summed E-state index contributed by atoms with van der Waals surface area (Å²) in [5.41, 5.74) is 3.94. The van der Waals surface area contributed by atoms with Crippen molar-refractivity contribution in [3.8, 4) is 0 Å². The van der Waals surface area contributed by atoms with E-state index in [0.717, 1.165) is 40.5 Å². The van der Waals surface area contributed by atoms with E-state index in [-0.39, 0.29) is 5.90 Å². The largest absolute Gasteiger partial charge is 0.478 e. The van der Waals surface area contributed by atoms with Crippen LogP contribution in [0.5, 0.6) is 0 Å². The summed E-state index contributed by atoms with van der Waals surface area (Å²) in [6, 6.07) is 15.3. The van der Waals surface area contributed by atoms with Crippen molar-refractivity contribution in [3.63, 3.8) is 0 Å². The first-order chi connectivity index (χ1) is 16.6. The average molecular weight is 483 g/mol. The molecule has 1 unspecified atom stereocenters. The molecule has 5 nitrogen and oxygen atoms in total. The SMILES string of the molecule is CC1CCCN1CCCOC(=N)c1cc(NC2CCCCC2)ccc1NCc1ccc(Cl)cc1. The number of hydrogen-bond donors (Lipinski definition) is 3. The highest BCUT2D eigenvalue weighted by Gasteiger charge is 2.20. The van der Waals surface area contributed by atoms with Crippen molar-refractivity contribution < 1.29 is 4.74 Å². The van der Waals surface area contributed by atoms with Gasteiger partial charge in [-0.05, 0) is 81.5 Å². The maximum absolute atomic E-state index is 8.70. The molecule has 1 atom stereocenters. The molecule has 6 heteroatoms. The molecule has 3 N–H and O–H groups in total. The number of benzene rings is 2. The molecule has 4 rings (SSSR count). The van der Waals surface area contributed by atoms with Gasteiger partial charge in [0.1, 0.15) is 0 Å². The number of ether oxygens (including phenoxy) is 1. The van der Waals surface area contributed by atoms with Gasteiger partial charge in [0, 0.05) is 41.6 Å². The van der Waals surface area contributed by atoms with Crippen LogP contribution in [0.2, 0.25) is 5.02 Å². The van der Waals surface area contributed by atoms with Crippen LogP contribution in [0.4, 0.5) is 11.4 Å². The van der Waals surface area contributed by atoms with Crippen molar-refractivity contribution in [2.75, 3.05) is 30.3 Å². The molecule has 0 aromatic heterocycles. The lowest BCUT2D eigenvalue weighted by atomic mass is 9.95. The van der Waals surface area contributed by atoms with E-state index in [1.54, 1.807) is 0 Å². The summed E-state index contributed by atoms with van der Waals surface area (Å²) in [6.45, 7) is 5.77. The monoisotopic (exact) mass is 482 g/mol. The molecule has 0 radical (unpaired) electrons. The predicted molar refractivity (Wildman–Crippen MR) is 143 cm³/mol. The summed E-state index contributed by atoms with van der Waals surface area (Å²) in [5.74, 6) is 0.236. The topological polar surface area (TPSA) is 60.4 Å². The van der Waals surface area contributed by atoms with E-state index in [2.05, 4.69) is 40.7 Å². The van der Waals surface area contributed by atoms with Crippen LogP contribution >= 0.6 is 11.6 Å². The molecule has 1 aliphatic heterocycles. The number of hydrogen-bond acceptors (Lipinski definition) is 5. The molecular formula is C28H39ClN4O. The third kappa shape index (κ3) is 7.13. The van der Waals surface area contributed by atoms with Gasteiger partial charge in [-0.15, -0.1) is 0 Å². The molecule has 1 aliphatic carbocycles. The Morgan fingerprint density at radius 2 is 1.85 bits per heavy atom. The molecule has 184 valence electrons. The van der Waals surface area contributed by atoms with E-state index < -0.39 is 0 Å². The third-order valence-electron chi connectivity index (χ3n) is 7.16. The zero-order valence-corrected chi connectivity index (χ0v) is 21.2. The quantitative estimate of drug-likeness (QED) is 0.195. The highest BCUT2D eigenvalue weighted by molar-refractivity contribution is 6.30. The fourth-order valence-electron chi connectivity index (χ4n) is 5.10. The second-order valence-electron chi connectivity index (χ2n) is 9.78. The first kappa shape index (κ1) is 24.9. The van der Waals surface area contributed by atoms with E-state index in [9.17, 15) is 0 Å². The minimum Gasteiger partial charge on any atom is -0.478 e. The number of nitrogens with zero attached hydrogens (tertiary/aromatic N) is 1. The van der Waals surface area contributed by atoms with Crippen LogP contribution in [0.15, 0.2) is 42.5 Å². The van der Waals surface area contributed by atoms with E-state index in [1.807, 2.05) is 24.3 Å². The molecule has 1 saturated carbocycles. The average Bonchev–Trinajstić information content (AvgIpc) is 3.27. The Balaban J connectivity index is 1.39. The Labute approximate surface area is 209 Å². The highest BCUT2D eigenvalue weighted by Crippen LogP contribution is 2.26. The van der Waals surface area contributed by atoms with Gasteiger partial charge in [-0.1, -0.05) is 43.0 Å². The van der Waals surface area contributed by atoms with Crippen molar-refractivity contribution in [1.29, 1.82) is 5.41 Å². The smallest absolute Gasteiger partial charge is 0.215 e. The van der Waals surface area contributed by atoms with Gasteiger partial charge >= 0.3 is 0 Å². The number of nitrogens with one attached hydrogen (secondary N) is 3. The summed E-state index contributed by atoms with van der Waals surface area (Å²) < 4.78 is 5.95. The Kier molecular flexibility index (Phi) is 9.11. The van der Waals surface area contributed by atoms with Gasteiger partial charge in [-0.25, -0.2) is 0 Å². The molecule has 0 amide bonds. The van der Waals surface area contributed by atoms with Crippen molar-refractivity contribution >= 4 is 28.9 Å². The van der Waals surface area contributed by atoms with Gasteiger partial charge in [0.2, 0.25) is 5.90 Å². The van der Waals surface area contributed by atoms with Crippen LogP contribution in [-0.2, 0) is 11.3 Å². The van der Waals surface area contributed by atoms with E-state index in [4.69, 9.17) is 21.7 Å². The summed E-state index contributed by atoms with van der Waals surface area (Å²) >= 11 is 6.03. The van der Waals surface area contributed by atoms with E-state index in [1.165, 1.54) is 51.5 Å². The van der Waals surface area contributed by atoms with Crippen molar-refractivity contribution in [2.24, 2.45) is 0 Å². The van der Waals surface area contributed by atoms with Crippen LogP contribution in [0.3, 0.4) is 0 Å². The summed E-state index contributed by atoms with van der Waals surface area (Å²) in [7, 11) is 0. The molecule has 1 saturated heterocycles. The van der Waals surface area contributed by atoms with Gasteiger partial charge < -0.3 is 20.3 Å². The van der Waals surface area contributed by atoms with Crippen LogP contribution in [0.1, 0.15) is 69.4 Å². The standard InChI is InChI=1S/C28H39ClN4O/c1-21-7-5-16-33(21)17-6-18-34-28(30)26-19-25(32-24-8-3-2-4-9-24)14-15-27(26)31-20-22-10-12-23(29)13-11-22/h10-15,19,21,24,30-32H,2-9,16-18,20H2,1H3. The highest BCUT2D eigenvalue weighted by atomic mass is 35.5. The zero-order valence-electron chi connectivity index (χ0n) is 20.4. The first-order valence-corrected chi connectivity index (χ1v) is 13.3. The molecule has 1 heterocycles. The minimum absolute atomic E-state index is 0.236. The lowest BCUT2D eigenvalue weighted by Gasteiger charge is -2.25. The van der Waals surface area contributed by atoms with Gasteiger partial charge in [0.15, 0.2) is 0 Å². The van der Waals surface area contributed by atoms with Crippen molar-refractivity contribution in [2.45, 2.75) is 76.9 Å². The number of halogens is 1. The van der Waals surface area contributed by atoms with Crippen molar-refractivity contribution in [3.05, 3.63) is 58.6 Å². The Hall–Kier alpha value is -2.24. The van der Waals surface area contributed by atoms with Crippen LogP contribution in [-0.4, -0.2) is 42.6 Å². The van der Waals surface area contributed by atoms with Gasteiger partial charge in [0.25, 0.3) is 0 Å². The normalized spacial score (nSPS) is 19.2. The predicted octanol–water partition coefficient (Wildman–Crippen LogP) is 6.91. The van der Waals surface area contributed by atoms with Gasteiger partial charge in [-0.2, -0.15) is 0 Å². The Morgan fingerprint density at radius 1 is 1.06 bits per heavy atom. The Bertz CT molecular complexity index is 927. The summed E-state index contributed by atoms with van der Waals surface area (Å²) in [6.07, 6.45) is 9.89. The van der Waals surface area contributed by atoms with Gasteiger partial charge in [0.05, 0.1) is 12.2 Å². The van der Waals surface area contributed by atoms with Crippen LogP contribution < -0.4 is 10.6 Å². The number of likely N-dealkylation sites (tertiary alicyclic amines) is 1.